The predicted octanol–water partition coefficient (Wildman–Crippen LogP) is 3.26. The molecular formula is C17H20N2O3S. The number of aryl methyl sites for hydroxylation is 1. The molecule has 0 amide bonds. The van der Waals surface area contributed by atoms with Crippen molar-refractivity contribution in [2.45, 2.75) is 46.1 Å². The number of fused-ring (bicyclic) bond motifs is 1. The quantitative estimate of drug-likeness (QED) is 0.876. The molecule has 1 aliphatic carbocycles. The van der Waals surface area contributed by atoms with Crippen molar-refractivity contribution in [3.63, 3.8) is 0 Å². The summed E-state index contributed by atoms with van der Waals surface area (Å²) in [6.45, 7) is 6.15. The van der Waals surface area contributed by atoms with Crippen molar-refractivity contribution >= 4 is 17.3 Å². The third kappa shape index (κ3) is 3.37. The van der Waals surface area contributed by atoms with Crippen molar-refractivity contribution < 1.29 is 9.53 Å². The first kappa shape index (κ1) is 15.9. The number of aromatic amines is 1. The number of carbonyl (C=O) groups is 1. The number of rotatable bonds is 3. The van der Waals surface area contributed by atoms with E-state index in [1.165, 1.54) is 11.3 Å². The van der Waals surface area contributed by atoms with Gasteiger partial charge in [0.1, 0.15) is 10.6 Å². The Hall–Kier alpha value is -1.95. The summed E-state index contributed by atoms with van der Waals surface area (Å²) in [5.74, 6) is -0.597. The number of nitrogens with zero attached hydrogens (tertiary/aromatic N) is 1. The van der Waals surface area contributed by atoms with Crippen LogP contribution in [0.15, 0.2) is 22.4 Å². The molecule has 6 heteroatoms. The van der Waals surface area contributed by atoms with Crippen LogP contribution in [-0.2, 0) is 17.6 Å². The van der Waals surface area contributed by atoms with Gasteiger partial charge in [0.15, 0.2) is 6.10 Å². The summed E-state index contributed by atoms with van der Waals surface area (Å²) < 4.78 is 5.39. The van der Waals surface area contributed by atoms with Gasteiger partial charge in [-0.15, -0.1) is 11.3 Å². The second-order valence-electron chi connectivity index (χ2n) is 6.77. The molecule has 0 spiro atoms. The number of thiazole rings is 1. The molecule has 1 atom stereocenters. The van der Waals surface area contributed by atoms with Crippen LogP contribution >= 0.6 is 11.3 Å². The lowest BCUT2D eigenvalue weighted by Crippen LogP contribution is -2.28. The lowest BCUT2D eigenvalue weighted by Gasteiger charge is -2.31. The Labute approximate surface area is 138 Å². The molecule has 0 unspecified atom stereocenters. The van der Waals surface area contributed by atoms with E-state index in [0.29, 0.717) is 5.01 Å². The lowest BCUT2D eigenvalue weighted by atomic mass is 9.76. The summed E-state index contributed by atoms with van der Waals surface area (Å²) in [5, 5.41) is 2.54. The van der Waals surface area contributed by atoms with Crippen LogP contribution in [0.5, 0.6) is 0 Å². The maximum Gasteiger partial charge on any atom is 0.344 e. The largest absolute Gasteiger partial charge is 0.452 e. The van der Waals surface area contributed by atoms with Gasteiger partial charge in [-0.3, -0.25) is 4.79 Å². The highest BCUT2D eigenvalue weighted by molar-refractivity contribution is 7.09. The van der Waals surface area contributed by atoms with Gasteiger partial charge in [-0.1, -0.05) is 13.8 Å². The van der Waals surface area contributed by atoms with Gasteiger partial charge in [-0.05, 0) is 43.2 Å². The topological polar surface area (TPSA) is 72.1 Å². The molecule has 0 radical (unpaired) electrons. The van der Waals surface area contributed by atoms with Crippen molar-refractivity contribution in [1.29, 1.82) is 0 Å². The molecule has 2 aromatic rings. The molecule has 23 heavy (non-hydrogen) atoms. The molecule has 3 rings (SSSR count). The first-order valence-corrected chi connectivity index (χ1v) is 8.59. The van der Waals surface area contributed by atoms with Crippen LogP contribution in [0, 0.1) is 5.41 Å². The molecule has 0 bridgehead atoms. The average molecular weight is 332 g/mol. The summed E-state index contributed by atoms with van der Waals surface area (Å²) in [7, 11) is 0. The van der Waals surface area contributed by atoms with Gasteiger partial charge in [0.05, 0.1) is 0 Å². The average Bonchev–Trinajstić information content (AvgIpc) is 3.00. The van der Waals surface area contributed by atoms with E-state index in [1.54, 1.807) is 19.2 Å². The van der Waals surface area contributed by atoms with Crippen LogP contribution in [-0.4, -0.2) is 15.9 Å². The minimum absolute atomic E-state index is 0.0739. The van der Waals surface area contributed by atoms with Gasteiger partial charge in [0.2, 0.25) is 0 Å². The van der Waals surface area contributed by atoms with E-state index in [9.17, 15) is 9.59 Å². The predicted molar refractivity (Wildman–Crippen MR) is 88.8 cm³/mol. The molecule has 2 aromatic heterocycles. The molecule has 1 N–H and O–H groups in total. The number of hydrogen-bond donors (Lipinski definition) is 1. The van der Waals surface area contributed by atoms with E-state index >= 15 is 0 Å². The van der Waals surface area contributed by atoms with Crippen LogP contribution in [0.3, 0.4) is 0 Å². The molecule has 0 saturated heterocycles. The molecule has 122 valence electrons. The Kier molecular flexibility index (Phi) is 4.10. The SMILES string of the molecule is C[C@@H](OC(=O)c1cc2c([nH]c1=O)CCC(C)(C)C2)c1nccs1. The first-order chi connectivity index (χ1) is 10.9. The molecule has 0 saturated carbocycles. The standard InChI is InChI=1S/C17H20N2O3S/c1-10(15-18-6-7-23-15)22-16(21)12-8-11-9-17(2,3)5-4-13(11)19-14(12)20/h6-8,10H,4-5,9H2,1-3H3,(H,19,20)/t10-/m1/s1. The van der Waals surface area contributed by atoms with Crippen molar-refractivity contribution in [2.24, 2.45) is 5.41 Å². The lowest BCUT2D eigenvalue weighted by molar-refractivity contribution is 0.0335. The number of aromatic nitrogens is 2. The van der Waals surface area contributed by atoms with Crippen molar-refractivity contribution in [3.05, 3.63) is 49.8 Å². The number of H-pyrrole nitrogens is 1. The maximum atomic E-state index is 12.4. The number of carbonyl (C=O) groups excluding carboxylic acids is 1. The monoisotopic (exact) mass is 332 g/mol. The van der Waals surface area contributed by atoms with Crippen LogP contribution in [0.2, 0.25) is 0 Å². The number of esters is 1. The third-order valence-electron chi connectivity index (χ3n) is 4.24. The number of pyridine rings is 1. The Bertz CT molecular complexity index is 778. The fraction of sp³-hybridized carbons (Fsp3) is 0.471. The van der Waals surface area contributed by atoms with Gasteiger partial charge in [0.25, 0.3) is 5.56 Å². The van der Waals surface area contributed by atoms with Gasteiger partial charge in [-0.2, -0.15) is 0 Å². The maximum absolute atomic E-state index is 12.4. The number of hydrogen-bond acceptors (Lipinski definition) is 5. The Morgan fingerprint density at radius 3 is 2.96 bits per heavy atom. The fourth-order valence-corrected chi connectivity index (χ4v) is 3.54. The number of ether oxygens (including phenoxy) is 1. The Balaban J connectivity index is 1.85. The summed E-state index contributed by atoms with van der Waals surface area (Å²) in [5.41, 5.74) is 1.86. The highest BCUT2D eigenvalue weighted by Crippen LogP contribution is 2.33. The molecule has 0 fully saturated rings. The van der Waals surface area contributed by atoms with Gasteiger partial charge < -0.3 is 9.72 Å². The second-order valence-corrected chi connectivity index (χ2v) is 7.70. The zero-order chi connectivity index (χ0) is 16.6. The van der Waals surface area contributed by atoms with Crippen LogP contribution in [0.25, 0.3) is 0 Å². The smallest absolute Gasteiger partial charge is 0.344 e. The van der Waals surface area contributed by atoms with E-state index < -0.39 is 12.1 Å². The minimum Gasteiger partial charge on any atom is -0.452 e. The van der Waals surface area contributed by atoms with E-state index in [-0.39, 0.29) is 16.5 Å². The second kappa shape index (κ2) is 5.92. The normalized spacial score (nSPS) is 17.3. The van der Waals surface area contributed by atoms with Crippen LogP contribution in [0.4, 0.5) is 0 Å². The van der Waals surface area contributed by atoms with E-state index in [1.807, 2.05) is 5.38 Å². The first-order valence-electron chi connectivity index (χ1n) is 7.71. The van der Waals surface area contributed by atoms with Crippen molar-refractivity contribution in [3.8, 4) is 0 Å². The molecule has 5 nitrogen and oxygen atoms in total. The molecular weight excluding hydrogens is 312 g/mol. The summed E-state index contributed by atoms with van der Waals surface area (Å²) in [4.78, 5) is 31.5. The number of nitrogens with one attached hydrogen (secondary N) is 1. The molecule has 0 aliphatic heterocycles. The Morgan fingerprint density at radius 1 is 1.48 bits per heavy atom. The summed E-state index contributed by atoms with van der Waals surface area (Å²) in [6, 6.07) is 1.70. The third-order valence-corrected chi connectivity index (χ3v) is 5.18. The highest BCUT2D eigenvalue weighted by Gasteiger charge is 2.28. The highest BCUT2D eigenvalue weighted by atomic mass is 32.1. The van der Waals surface area contributed by atoms with E-state index in [0.717, 1.165) is 30.5 Å². The van der Waals surface area contributed by atoms with E-state index in [2.05, 4.69) is 23.8 Å². The van der Waals surface area contributed by atoms with Crippen LogP contribution in [0.1, 0.15) is 59.9 Å². The van der Waals surface area contributed by atoms with Gasteiger partial charge in [0, 0.05) is 17.3 Å². The van der Waals surface area contributed by atoms with Crippen LogP contribution < -0.4 is 5.56 Å². The van der Waals surface area contributed by atoms with Gasteiger partial charge >= 0.3 is 5.97 Å². The minimum atomic E-state index is -0.597. The zero-order valence-corrected chi connectivity index (χ0v) is 14.3. The summed E-state index contributed by atoms with van der Waals surface area (Å²) in [6.07, 6.45) is 3.91. The summed E-state index contributed by atoms with van der Waals surface area (Å²) >= 11 is 1.42. The van der Waals surface area contributed by atoms with Crippen molar-refractivity contribution in [1.82, 2.24) is 9.97 Å². The zero-order valence-electron chi connectivity index (χ0n) is 13.5. The molecule has 0 aromatic carbocycles. The Morgan fingerprint density at radius 2 is 2.26 bits per heavy atom. The molecule has 1 aliphatic rings. The van der Waals surface area contributed by atoms with E-state index in [4.69, 9.17) is 4.74 Å². The van der Waals surface area contributed by atoms with Crippen molar-refractivity contribution in [2.75, 3.05) is 0 Å². The van der Waals surface area contributed by atoms with Gasteiger partial charge in [-0.25, -0.2) is 9.78 Å². The fourth-order valence-electron chi connectivity index (χ4n) is 2.92. The molecule has 2 heterocycles.